The molecule has 18 heavy (non-hydrogen) atoms. The summed E-state index contributed by atoms with van der Waals surface area (Å²) in [6.07, 6.45) is 6.71. The Morgan fingerprint density at radius 1 is 1.50 bits per heavy atom. The van der Waals surface area contributed by atoms with Crippen LogP contribution < -0.4 is 5.56 Å². The molecule has 0 amide bonds. The molecule has 0 aliphatic heterocycles. The molecule has 4 heteroatoms. The number of hydrogen-bond donors (Lipinski definition) is 1. The highest BCUT2D eigenvalue weighted by molar-refractivity contribution is 7.18. The first-order valence-corrected chi connectivity index (χ1v) is 6.73. The fraction of sp³-hybridized carbons (Fsp3) is 0.286. The number of hydrogen-bond acceptors (Lipinski definition) is 3. The van der Waals surface area contributed by atoms with Gasteiger partial charge in [0.25, 0.3) is 5.56 Å². The molecule has 0 aliphatic carbocycles. The lowest BCUT2D eigenvalue weighted by Gasteiger charge is -2.01. The van der Waals surface area contributed by atoms with E-state index in [9.17, 15) is 4.79 Å². The predicted molar refractivity (Wildman–Crippen MR) is 77.3 cm³/mol. The standard InChI is InChI=1S/C14H16N2OS/c1-4-6-10(5-2)8-12-15-13(17)11-7-9(3)18-14(11)16-12/h4-7H,8H2,1-3H3,(H,15,16,17)/b6-4-,10-5+. The van der Waals surface area contributed by atoms with Crippen LogP contribution in [0.3, 0.4) is 0 Å². The quantitative estimate of drug-likeness (QED) is 0.860. The molecular weight excluding hydrogens is 244 g/mol. The first kappa shape index (κ1) is 12.8. The molecular formula is C14H16N2OS. The second-order valence-electron chi connectivity index (χ2n) is 4.13. The summed E-state index contributed by atoms with van der Waals surface area (Å²) < 4.78 is 0. The molecule has 0 bridgehead atoms. The molecule has 2 aromatic heterocycles. The second-order valence-corrected chi connectivity index (χ2v) is 5.36. The molecule has 0 spiro atoms. The Balaban J connectivity index is 2.43. The van der Waals surface area contributed by atoms with Gasteiger partial charge in [-0.15, -0.1) is 11.3 Å². The van der Waals surface area contributed by atoms with Crippen molar-refractivity contribution < 1.29 is 0 Å². The lowest BCUT2D eigenvalue weighted by Crippen LogP contribution is -2.10. The van der Waals surface area contributed by atoms with E-state index in [0.717, 1.165) is 21.1 Å². The third kappa shape index (κ3) is 2.59. The maximum atomic E-state index is 11.9. The Hall–Kier alpha value is -1.68. The van der Waals surface area contributed by atoms with E-state index < -0.39 is 0 Å². The van der Waals surface area contributed by atoms with E-state index in [4.69, 9.17) is 0 Å². The van der Waals surface area contributed by atoms with Crippen LogP contribution in [0.2, 0.25) is 0 Å². The fourth-order valence-electron chi connectivity index (χ4n) is 1.84. The van der Waals surface area contributed by atoms with E-state index in [1.165, 1.54) is 0 Å². The highest BCUT2D eigenvalue weighted by Gasteiger charge is 2.07. The Morgan fingerprint density at radius 2 is 2.28 bits per heavy atom. The molecule has 3 nitrogen and oxygen atoms in total. The zero-order chi connectivity index (χ0) is 13.1. The normalized spacial score (nSPS) is 12.7. The number of allylic oxidation sites excluding steroid dienone is 4. The fourth-order valence-corrected chi connectivity index (χ4v) is 2.74. The van der Waals surface area contributed by atoms with Crippen LogP contribution in [0.5, 0.6) is 0 Å². The average molecular weight is 260 g/mol. The van der Waals surface area contributed by atoms with Crippen molar-refractivity contribution >= 4 is 21.6 Å². The third-order valence-corrected chi connectivity index (χ3v) is 3.64. The van der Waals surface area contributed by atoms with Crippen LogP contribution in [-0.4, -0.2) is 9.97 Å². The predicted octanol–water partition coefficient (Wildman–Crippen LogP) is 3.36. The van der Waals surface area contributed by atoms with Crippen LogP contribution in [0.15, 0.2) is 34.7 Å². The molecule has 0 saturated carbocycles. The number of aromatic amines is 1. The number of fused-ring (bicyclic) bond motifs is 1. The summed E-state index contributed by atoms with van der Waals surface area (Å²) in [6, 6.07) is 1.89. The summed E-state index contributed by atoms with van der Waals surface area (Å²) in [5, 5.41) is 0.689. The molecule has 2 aromatic rings. The Kier molecular flexibility index (Phi) is 3.77. The van der Waals surface area contributed by atoms with Gasteiger partial charge >= 0.3 is 0 Å². The maximum Gasteiger partial charge on any atom is 0.259 e. The van der Waals surface area contributed by atoms with Crippen molar-refractivity contribution in [2.75, 3.05) is 0 Å². The minimum atomic E-state index is -0.0460. The highest BCUT2D eigenvalue weighted by atomic mass is 32.1. The summed E-state index contributed by atoms with van der Waals surface area (Å²) in [7, 11) is 0. The Bertz CT molecular complexity index is 677. The lowest BCUT2D eigenvalue weighted by atomic mass is 10.1. The van der Waals surface area contributed by atoms with Gasteiger partial charge in [0.15, 0.2) is 0 Å². The van der Waals surface area contributed by atoms with Crippen LogP contribution in [0, 0.1) is 6.92 Å². The van der Waals surface area contributed by atoms with Crippen molar-refractivity contribution in [1.29, 1.82) is 0 Å². The summed E-state index contributed by atoms with van der Waals surface area (Å²) in [4.78, 5) is 21.2. The summed E-state index contributed by atoms with van der Waals surface area (Å²) >= 11 is 1.56. The SMILES string of the molecule is C/C=C\C(=C/C)Cc1nc2sc(C)cc2c(=O)[nH]1. The molecule has 1 N–H and O–H groups in total. The van der Waals surface area contributed by atoms with Crippen LogP contribution in [-0.2, 0) is 6.42 Å². The van der Waals surface area contributed by atoms with Crippen molar-refractivity contribution in [2.45, 2.75) is 27.2 Å². The average Bonchev–Trinajstić information content (AvgIpc) is 2.69. The first-order valence-electron chi connectivity index (χ1n) is 5.91. The van der Waals surface area contributed by atoms with E-state index in [1.54, 1.807) is 11.3 Å². The monoisotopic (exact) mass is 260 g/mol. The van der Waals surface area contributed by atoms with Gasteiger partial charge in [-0.2, -0.15) is 0 Å². The minimum absolute atomic E-state index is 0.0460. The van der Waals surface area contributed by atoms with Crippen molar-refractivity contribution in [2.24, 2.45) is 0 Å². The molecule has 0 aliphatic rings. The van der Waals surface area contributed by atoms with Crippen molar-refractivity contribution in [3.63, 3.8) is 0 Å². The molecule has 0 saturated heterocycles. The molecule has 2 heterocycles. The van der Waals surface area contributed by atoms with Gasteiger partial charge < -0.3 is 4.98 Å². The Morgan fingerprint density at radius 3 is 2.94 bits per heavy atom. The van der Waals surface area contributed by atoms with Gasteiger partial charge in [-0.1, -0.05) is 18.2 Å². The van der Waals surface area contributed by atoms with E-state index in [1.807, 2.05) is 45.1 Å². The summed E-state index contributed by atoms with van der Waals surface area (Å²) in [5.41, 5.74) is 1.10. The topological polar surface area (TPSA) is 45.8 Å². The zero-order valence-corrected chi connectivity index (χ0v) is 11.6. The Labute approximate surface area is 110 Å². The first-order chi connectivity index (χ1) is 8.63. The van der Waals surface area contributed by atoms with Crippen LogP contribution in [0.4, 0.5) is 0 Å². The number of aryl methyl sites for hydroxylation is 1. The highest BCUT2D eigenvalue weighted by Crippen LogP contribution is 2.20. The van der Waals surface area contributed by atoms with E-state index in [2.05, 4.69) is 9.97 Å². The second kappa shape index (κ2) is 5.31. The molecule has 94 valence electrons. The number of thiophene rings is 1. The van der Waals surface area contributed by atoms with Crippen molar-refractivity contribution in [3.05, 3.63) is 50.9 Å². The number of nitrogens with zero attached hydrogens (tertiary/aromatic N) is 1. The number of aromatic nitrogens is 2. The zero-order valence-electron chi connectivity index (χ0n) is 10.8. The van der Waals surface area contributed by atoms with Crippen LogP contribution in [0.25, 0.3) is 10.2 Å². The molecule has 0 aromatic carbocycles. The van der Waals surface area contributed by atoms with E-state index in [-0.39, 0.29) is 5.56 Å². The smallest absolute Gasteiger partial charge is 0.259 e. The van der Waals surface area contributed by atoms with Gasteiger partial charge in [0.1, 0.15) is 10.7 Å². The number of rotatable bonds is 3. The van der Waals surface area contributed by atoms with E-state index >= 15 is 0 Å². The van der Waals surface area contributed by atoms with Crippen LogP contribution >= 0.6 is 11.3 Å². The number of nitrogens with one attached hydrogen (secondary N) is 1. The number of H-pyrrole nitrogens is 1. The molecule has 2 rings (SSSR count). The molecule has 0 radical (unpaired) electrons. The third-order valence-electron chi connectivity index (χ3n) is 2.70. The molecule has 0 unspecified atom stereocenters. The van der Waals surface area contributed by atoms with Gasteiger partial charge in [-0.3, -0.25) is 4.79 Å². The van der Waals surface area contributed by atoms with Gasteiger partial charge in [0, 0.05) is 11.3 Å². The molecule has 0 fully saturated rings. The summed E-state index contributed by atoms with van der Waals surface area (Å²) in [6.45, 7) is 5.95. The van der Waals surface area contributed by atoms with Gasteiger partial charge in [-0.25, -0.2) is 4.98 Å². The van der Waals surface area contributed by atoms with Gasteiger partial charge in [0.2, 0.25) is 0 Å². The van der Waals surface area contributed by atoms with E-state index in [0.29, 0.717) is 11.8 Å². The van der Waals surface area contributed by atoms with Gasteiger partial charge in [0.05, 0.1) is 5.39 Å². The van der Waals surface area contributed by atoms with Crippen LogP contribution in [0.1, 0.15) is 24.5 Å². The lowest BCUT2D eigenvalue weighted by molar-refractivity contribution is 0.975. The molecule has 0 atom stereocenters. The van der Waals surface area contributed by atoms with Crippen molar-refractivity contribution in [3.8, 4) is 0 Å². The summed E-state index contributed by atoms with van der Waals surface area (Å²) in [5.74, 6) is 0.723. The van der Waals surface area contributed by atoms with Crippen molar-refractivity contribution in [1.82, 2.24) is 9.97 Å². The van der Waals surface area contributed by atoms with Gasteiger partial charge in [-0.05, 0) is 32.4 Å². The minimum Gasteiger partial charge on any atom is -0.310 e. The largest absolute Gasteiger partial charge is 0.310 e. The maximum absolute atomic E-state index is 11.9.